The first-order valence-electron chi connectivity index (χ1n) is 11.4. The van der Waals surface area contributed by atoms with Gasteiger partial charge in [-0.25, -0.2) is 0 Å². The highest BCUT2D eigenvalue weighted by Gasteiger charge is 2.79. The van der Waals surface area contributed by atoms with Crippen LogP contribution in [0.25, 0.3) is 0 Å². The van der Waals surface area contributed by atoms with Gasteiger partial charge in [0.25, 0.3) is 0 Å². The zero-order chi connectivity index (χ0) is 18.4. The molecule has 0 aromatic carbocycles. The molecule has 5 aliphatic carbocycles. The number of carbonyl (C=O) groups is 1. The van der Waals surface area contributed by atoms with Crippen LogP contribution in [0.3, 0.4) is 0 Å². The fourth-order valence-corrected chi connectivity index (χ4v) is 9.72. The van der Waals surface area contributed by atoms with Crippen molar-refractivity contribution in [2.45, 2.75) is 97.5 Å². The maximum atomic E-state index is 10.9. The van der Waals surface area contributed by atoms with Crippen LogP contribution in [0.2, 0.25) is 0 Å². The van der Waals surface area contributed by atoms with E-state index in [4.69, 9.17) is 0 Å². The molecular formula is C24H38O2. The fraction of sp³-hybridized carbons (Fsp3) is 0.958. The fourth-order valence-electron chi connectivity index (χ4n) is 9.72. The van der Waals surface area contributed by atoms with Gasteiger partial charge in [-0.3, -0.25) is 0 Å². The number of hydrogen-bond donors (Lipinski definition) is 1. The van der Waals surface area contributed by atoms with Gasteiger partial charge in [0.2, 0.25) is 0 Å². The van der Waals surface area contributed by atoms with Gasteiger partial charge in [-0.05, 0) is 110 Å². The summed E-state index contributed by atoms with van der Waals surface area (Å²) in [7, 11) is 0. The van der Waals surface area contributed by atoms with Gasteiger partial charge in [-0.2, -0.15) is 0 Å². The van der Waals surface area contributed by atoms with E-state index in [1.54, 1.807) is 0 Å². The van der Waals surface area contributed by atoms with Crippen LogP contribution in [-0.4, -0.2) is 17.5 Å². The van der Waals surface area contributed by atoms with Crippen molar-refractivity contribution in [2.75, 3.05) is 0 Å². The summed E-state index contributed by atoms with van der Waals surface area (Å²) < 4.78 is 0. The molecule has 5 fully saturated rings. The lowest BCUT2D eigenvalue weighted by atomic mass is 9.46. The predicted octanol–water partition coefficient (Wildman–Crippen LogP) is 5.38. The Labute approximate surface area is 159 Å². The van der Waals surface area contributed by atoms with Gasteiger partial charge >= 0.3 is 0 Å². The highest BCUT2D eigenvalue weighted by atomic mass is 16.3. The highest BCUT2D eigenvalue weighted by Crippen LogP contribution is 2.86. The largest absolute Gasteiger partial charge is 0.393 e. The van der Waals surface area contributed by atoms with Gasteiger partial charge in [-0.1, -0.05) is 20.8 Å². The second-order valence-electron chi connectivity index (χ2n) is 11.7. The summed E-state index contributed by atoms with van der Waals surface area (Å²) in [5.74, 6) is 3.37. The van der Waals surface area contributed by atoms with Crippen LogP contribution in [-0.2, 0) is 4.79 Å². The van der Waals surface area contributed by atoms with Crippen LogP contribution in [0, 0.1) is 45.3 Å². The number of rotatable bonds is 3. The Kier molecular flexibility index (Phi) is 3.65. The Morgan fingerprint density at radius 1 is 0.923 bits per heavy atom. The van der Waals surface area contributed by atoms with Crippen molar-refractivity contribution < 1.29 is 9.90 Å². The molecule has 5 saturated carbocycles. The molecule has 0 bridgehead atoms. The van der Waals surface area contributed by atoms with Gasteiger partial charge in [0.05, 0.1) is 6.10 Å². The molecule has 0 aromatic rings. The summed E-state index contributed by atoms with van der Waals surface area (Å²) in [5.41, 5.74) is 1.80. The third-order valence-electron chi connectivity index (χ3n) is 11.1. The first kappa shape index (κ1) is 17.7. The maximum absolute atomic E-state index is 10.9. The number of fused-ring (bicyclic) bond motifs is 2. The molecule has 0 radical (unpaired) electrons. The van der Waals surface area contributed by atoms with E-state index in [1.807, 2.05) is 0 Å². The van der Waals surface area contributed by atoms with E-state index in [2.05, 4.69) is 20.8 Å². The summed E-state index contributed by atoms with van der Waals surface area (Å²) in [6, 6.07) is 0. The van der Waals surface area contributed by atoms with Crippen molar-refractivity contribution in [1.82, 2.24) is 0 Å². The highest BCUT2D eigenvalue weighted by molar-refractivity contribution is 5.49. The van der Waals surface area contributed by atoms with Crippen molar-refractivity contribution in [2.24, 2.45) is 45.3 Å². The second kappa shape index (κ2) is 5.37. The first-order valence-corrected chi connectivity index (χ1v) is 11.4. The zero-order valence-electron chi connectivity index (χ0n) is 17.1. The van der Waals surface area contributed by atoms with Crippen LogP contribution in [0.5, 0.6) is 0 Å². The standard InChI is InChI=1S/C24H38O2/c1-21(2)19-9-8-18-17-7-6-16(5-4-14-25)22(17,3)12-13-23(18)15-24(19,23)11-10-20(21)26/h14,16-20,26H,4-13,15H2,1-3H3. The van der Waals surface area contributed by atoms with Crippen LogP contribution >= 0.6 is 0 Å². The molecule has 0 saturated heterocycles. The first-order chi connectivity index (χ1) is 12.3. The summed E-state index contributed by atoms with van der Waals surface area (Å²) in [5, 5.41) is 10.7. The van der Waals surface area contributed by atoms with Crippen molar-refractivity contribution in [3.8, 4) is 0 Å². The Morgan fingerprint density at radius 2 is 1.69 bits per heavy atom. The third kappa shape index (κ3) is 1.91. The molecule has 2 nitrogen and oxygen atoms in total. The van der Waals surface area contributed by atoms with E-state index in [9.17, 15) is 9.90 Å². The molecule has 1 N–H and O–H groups in total. The third-order valence-corrected chi connectivity index (χ3v) is 11.1. The number of aldehydes is 1. The molecule has 5 aliphatic rings. The quantitative estimate of drug-likeness (QED) is 0.688. The van der Waals surface area contributed by atoms with Gasteiger partial charge < -0.3 is 9.90 Å². The minimum atomic E-state index is -0.0969. The summed E-state index contributed by atoms with van der Waals surface area (Å²) in [6.45, 7) is 7.30. The van der Waals surface area contributed by atoms with Crippen LogP contribution in [0.15, 0.2) is 0 Å². The van der Waals surface area contributed by atoms with Gasteiger partial charge in [-0.15, -0.1) is 0 Å². The summed E-state index contributed by atoms with van der Waals surface area (Å²) >= 11 is 0. The Balaban J connectivity index is 1.44. The van der Waals surface area contributed by atoms with Gasteiger partial charge in [0.1, 0.15) is 6.29 Å². The minimum absolute atomic E-state index is 0.0969. The van der Waals surface area contributed by atoms with E-state index in [0.717, 1.165) is 49.2 Å². The molecule has 5 rings (SSSR count). The van der Waals surface area contributed by atoms with E-state index >= 15 is 0 Å². The Bertz CT molecular complexity index is 611. The van der Waals surface area contributed by atoms with Crippen molar-refractivity contribution in [3.63, 3.8) is 0 Å². The SMILES string of the molecule is CC1(C)C(O)CCC23CC24CCC2(C)C(CCC=O)CCC2C4CCC13. The molecule has 26 heavy (non-hydrogen) atoms. The lowest BCUT2D eigenvalue weighted by Gasteiger charge is -2.59. The molecule has 8 atom stereocenters. The summed E-state index contributed by atoms with van der Waals surface area (Å²) in [4.78, 5) is 10.9. The number of carbonyl (C=O) groups excluding carboxylic acids is 1. The Morgan fingerprint density at radius 3 is 2.46 bits per heavy atom. The average molecular weight is 359 g/mol. The van der Waals surface area contributed by atoms with Crippen molar-refractivity contribution in [3.05, 3.63) is 0 Å². The molecule has 2 heteroatoms. The van der Waals surface area contributed by atoms with E-state index < -0.39 is 0 Å². The lowest BCUT2D eigenvalue weighted by Crippen LogP contribution is -2.54. The topological polar surface area (TPSA) is 37.3 Å². The van der Waals surface area contributed by atoms with Crippen LogP contribution in [0.4, 0.5) is 0 Å². The van der Waals surface area contributed by atoms with E-state index in [0.29, 0.717) is 16.2 Å². The number of hydrogen-bond acceptors (Lipinski definition) is 2. The molecular weight excluding hydrogens is 320 g/mol. The van der Waals surface area contributed by atoms with Crippen LogP contribution < -0.4 is 0 Å². The maximum Gasteiger partial charge on any atom is 0.120 e. The lowest BCUT2D eigenvalue weighted by molar-refractivity contribution is -0.132. The molecule has 0 heterocycles. The molecule has 0 amide bonds. The smallest absolute Gasteiger partial charge is 0.120 e. The second-order valence-corrected chi connectivity index (χ2v) is 11.7. The molecule has 0 aromatic heterocycles. The normalized spacial score (nSPS) is 56.7. The van der Waals surface area contributed by atoms with Gasteiger partial charge in [0, 0.05) is 6.42 Å². The monoisotopic (exact) mass is 358 g/mol. The Hall–Kier alpha value is -0.370. The van der Waals surface area contributed by atoms with Crippen LogP contribution in [0.1, 0.15) is 91.4 Å². The van der Waals surface area contributed by atoms with E-state index in [1.165, 1.54) is 51.4 Å². The number of aliphatic hydroxyl groups is 1. The van der Waals surface area contributed by atoms with E-state index in [-0.39, 0.29) is 11.5 Å². The van der Waals surface area contributed by atoms with Crippen molar-refractivity contribution in [1.29, 1.82) is 0 Å². The number of aliphatic hydroxyl groups excluding tert-OH is 1. The van der Waals surface area contributed by atoms with Gasteiger partial charge in [0.15, 0.2) is 0 Å². The molecule has 8 unspecified atom stereocenters. The zero-order valence-corrected chi connectivity index (χ0v) is 17.1. The molecule has 0 aliphatic heterocycles. The molecule has 2 spiro atoms. The van der Waals surface area contributed by atoms with Crippen molar-refractivity contribution >= 4 is 6.29 Å². The summed E-state index contributed by atoms with van der Waals surface area (Å²) in [6.07, 6.45) is 15.1. The predicted molar refractivity (Wildman–Crippen MR) is 104 cm³/mol. The minimum Gasteiger partial charge on any atom is -0.393 e. The molecule has 146 valence electrons. The average Bonchev–Trinajstić information content (AvgIpc) is 3.16.